The molecule has 0 saturated carbocycles. The molecule has 0 fully saturated rings. The van der Waals surface area contributed by atoms with Crippen molar-refractivity contribution in [1.29, 1.82) is 0 Å². The summed E-state index contributed by atoms with van der Waals surface area (Å²) in [4.78, 5) is 26.4. The van der Waals surface area contributed by atoms with Crippen molar-refractivity contribution in [2.24, 2.45) is 0 Å². The lowest BCUT2D eigenvalue weighted by atomic mass is 10.0. The maximum Gasteiger partial charge on any atom is 0.228 e. The normalized spacial score (nSPS) is 13.4. The molecule has 0 bridgehead atoms. The molecule has 0 aliphatic carbocycles. The van der Waals surface area contributed by atoms with E-state index in [-0.39, 0.29) is 5.91 Å². The lowest BCUT2D eigenvalue weighted by Crippen LogP contribution is -2.39. The second kappa shape index (κ2) is 10.1. The molecule has 1 amide bonds. The molecule has 2 heterocycles. The van der Waals surface area contributed by atoms with Crippen LogP contribution in [0.5, 0.6) is 5.75 Å². The van der Waals surface area contributed by atoms with Gasteiger partial charge in [0.05, 0.1) is 13.1 Å². The average Bonchev–Trinajstić information content (AvgIpc) is 2.76. The number of carbonyl (C=O) groups is 1. The summed E-state index contributed by atoms with van der Waals surface area (Å²) in [7, 11) is 2.07. The van der Waals surface area contributed by atoms with E-state index in [1.165, 1.54) is 11.1 Å². The molecule has 0 radical (unpaired) electrons. The number of benzene rings is 2. The Bertz CT molecular complexity index is 1140. The van der Waals surface area contributed by atoms with Crippen LogP contribution in [0.25, 0.3) is 0 Å². The van der Waals surface area contributed by atoms with Gasteiger partial charge in [-0.05, 0) is 51.4 Å². The van der Waals surface area contributed by atoms with Crippen molar-refractivity contribution in [3.05, 3.63) is 82.3 Å². The first kappa shape index (κ1) is 22.9. The summed E-state index contributed by atoms with van der Waals surface area (Å²) < 4.78 is 5.96. The summed E-state index contributed by atoms with van der Waals surface area (Å²) in [6.07, 6.45) is 1.17. The highest BCUT2D eigenvalue weighted by Gasteiger charge is 2.28. The van der Waals surface area contributed by atoms with Crippen LogP contribution in [0.3, 0.4) is 0 Å². The second-order valence-electron chi connectivity index (χ2n) is 8.85. The monoisotopic (exact) mass is 444 g/mol. The lowest BCUT2D eigenvalue weighted by molar-refractivity contribution is -0.119. The van der Waals surface area contributed by atoms with Gasteiger partial charge in [0.15, 0.2) is 0 Å². The zero-order valence-corrected chi connectivity index (χ0v) is 20.0. The van der Waals surface area contributed by atoms with E-state index in [9.17, 15) is 4.79 Å². The van der Waals surface area contributed by atoms with Crippen molar-refractivity contribution >= 4 is 11.7 Å². The molecule has 1 aliphatic rings. The van der Waals surface area contributed by atoms with Crippen LogP contribution in [-0.4, -0.2) is 41.0 Å². The minimum absolute atomic E-state index is 0.0908. The van der Waals surface area contributed by atoms with Crippen molar-refractivity contribution in [3.63, 3.8) is 0 Å². The number of rotatable bonds is 8. The predicted octanol–water partition coefficient (Wildman–Crippen LogP) is 4.39. The summed E-state index contributed by atoms with van der Waals surface area (Å²) in [6, 6.07) is 16.4. The Morgan fingerprint density at radius 1 is 1.00 bits per heavy atom. The maximum atomic E-state index is 12.8. The minimum atomic E-state index is 0.0908. The first-order valence-electron chi connectivity index (χ1n) is 11.5. The Hall–Kier alpha value is -3.25. The van der Waals surface area contributed by atoms with E-state index in [0.717, 1.165) is 40.8 Å². The number of para-hydroxylation sites is 1. The molecule has 1 aromatic heterocycles. The summed E-state index contributed by atoms with van der Waals surface area (Å²) >= 11 is 0. The summed E-state index contributed by atoms with van der Waals surface area (Å²) in [5.74, 6) is 2.42. The summed E-state index contributed by atoms with van der Waals surface area (Å²) in [5.41, 5.74) is 5.62. The van der Waals surface area contributed by atoms with Gasteiger partial charge >= 0.3 is 0 Å². The third-order valence-electron chi connectivity index (χ3n) is 6.00. The molecule has 4 rings (SSSR count). The molecule has 2 aromatic carbocycles. The first-order valence-corrected chi connectivity index (χ1v) is 11.5. The zero-order valence-electron chi connectivity index (χ0n) is 20.0. The molecule has 0 unspecified atom stereocenters. The van der Waals surface area contributed by atoms with E-state index in [4.69, 9.17) is 14.7 Å². The number of aromatic nitrogens is 2. The van der Waals surface area contributed by atoms with E-state index in [2.05, 4.69) is 43.1 Å². The van der Waals surface area contributed by atoms with Gasteiger partial charge in [-0.3, -0.25) is 14.6 Å². The second-order valence-corrected chi connectivity index (χ2v) is 8.85. The molecule has 1 aliphatic heterocycles. The van der Waals surface area contributed by atoms with E-state index < -0.39 is 0 Å². The highest BCUT2D eigenvalue weighted by atomic mass is 16.5. The number of hydrogen-bond donors (Lipinski definition) is 0. The summed E-state index contributed by atoms with van der Waals surface area (Å²) in [6.45, 7) is 8.46. The highest BCUT2D eigenvalue weighted by Crippen LogP contribution is 2.28. The van der Waals surface area contributed by atoms with Gasteiger partial charge in [-0.2, -0.15) is 0 Å². The number of hydrogen-bond acceptors (Lipinski definition) is 5. The Kier molecular flexibility index (Phi) is 7.04. The van der Waals surface area contributed by atoms with Crippen LogP contribution in [0, 0.1) is 20.8 Å². The van der Waals surface area contributed by atoms with Gasteiger partial charge in [0, 0.05) is 24.2 Å². The molecule has 0 atom stereocenters. The van der Waals surface area contributed by atoms with Crippen LogP contribution < -0.4 is 9.64 Å². The minimum Gasteiger partial charge on any atom is -0.491 e. The number of nitrogens with zero attached hydrogens (tertiary/aromatic N) is 4. The first-order chi connectivity index (χ1) is 15.9. The van der Waals surface area contributed by atoms with Crippen molar-refractivity contribution in [2.45, 2.75) is 46.7 Å². The number of fused-ring (bicyclic) bond motifs is 1. The Morgan fingerprint density at radius 3 is 2.61 bits per heavy atom. The van der Waals surface area contributed by atoms with Gasteiger partial charge < -0.3 is 4.74 Å². The predicted molar refractivity (Wildman–Crippen MR) is 130 cm³/mol. The van der Waals surface area contributed by atoms with Crippen molar-refractivity contribution in [1.82, 2.24) is 14.9 Å². The molecule has 3 aromatic rings. The van der Waals surface area contributed by atoms with Crippen LogP contribution in [-0.2, 0) is 24.3 Å². The molecule has 172 valence electrons. The Balaban J connectivity index is 1.48. The smallest absolute Gasteiger partial charge is 0.228 e. The zero-order chi connectivity index (χ0) is 23.4. The van der Waals surface area contributed by atoms with Crippen LogP contribution in [0.4, 0.5) is 5.82 Å². The molecule has 0 saturated heterocycles. The highest BCUT2D eigenvalue weighted by molar-refractivity contribution is 5.95. The molecular weight excluding hydrogens is 412 g/mol. The van der Waals surface area contributed by atoms with E-state index in [1.807, 2.05) is 38.1 Å². The van der Waals surface area contributed by atoms with Gasteiger partial charge in [-0.15, -0.1) is 0 Å². The number of carbonyl (C=O) groups excluding carboxylic acids is 1. The molecular formula is C27H32N4O2. The lowest BCUT2D eigenvalue weighted by Gasteiger charge is -2.29. The fourth-order valence-corrected chi connectivity index (χ4v) is 4.32. The van der Waals surface area contributed by atoms with E-state index in [1.54, 1.807) is 4.90 Å². The van der Waals surface area contributed by atoms with Gasteiger partial charge in [0.1, 0.15) is 24.0 Å². The fraction of sp³-hybridized carbons (Fsp3) is 0.370. The topological polar surface area (TPSA) is 58.6 Å². The third-order valence-corrected chi connectivity index (χ3v) is 6.00. The third kappa shape index (κ3) is 5.57. The Labute approximate surface area is 196 Å². The molecule has 6 heteroatoms. The van der Waals surface area contributed by atoms with Gasteiger partial charge in [0.2, 0.25) is 5.91 Å². The maximum absolute atomic E-state index is 12.8. The number of amides is 1. The van der Waals surface area contributed by atoms with E-state index >= 15 is 0 Å². The molecule has 0 N–H and O–H groups in total. The van der Waals surface area contributed by atoms with Crippen molar-refractivity contribution < 1.29 is 9.53 Å². The van der Waals surface area contributed by atoms with Crippen LogP contribution >= 0.6 is 0 Å². The molecule has 0 spiro atoms. The summed E-state index contributed by atoms with van der Waals surface area (Å²) in [5, 5.41) is 0. The van der Waals surface area contributed by atoms with Crippen molar-refractivity contribution in [2.75, 3.05) is 25.1 Å². The van der Waals surface area contributed by atoms with Gasteiger partial charge in [-0.1, -0.05) is 48.0 Å². The SMILES string of the molecule is Cc1cccc(CN(C)Cc2nc(C)c3c(n2)N(CCOc2ccccc2C)C(=O)CC3)c1. The number of anilines is 1. The molecule has 33 heavy (non-hydrogen) atoms. The Morgan fingerprint density at radius 2 is 1.82 bits per heavy atom. The number of aryl methyl sites for hydroxylation is 3. The van der Waals surface area contributed by atoms with Gasteiger partial charge in [-0.25, -0.2) is 9.97 Å². The average molecular weight is 445 g/mol. The largest absolute Gasteiger partial charge is 0.491 e. The quantitative estimate of drug-likeness (QED) is 0.516. The van der Waals surface area contributed by atoms with Gasteiger partial charge in [0.25, 0.3) is 0 Å². The number of ether oxygens (including phenoxy) is 1. The van der Waals surface area contributed by atoms with E-state index in [0.29, 0.717) is 32.5 Å². The fourth-order valence-electron chi connectivity index (χ4n) is 4.32. The van der Waals surface area contributed by atoms with Crippen LogP contribution in [0.1, 0.15) is 40.2 Å². The standard InChI is InChI=1S/C27H32N4O2/c1-19-8-7-10-22(16-19)17-30(4)18-25-28-21(3)23-12-13-26(32)31(27(23)29-25)14-15-33-24-11-6-5-9-20(24)2/h5-11,16H,12-15,17-18H2,1-4H3. The van der Waals surface area contributed by atoms with Crippen molar-refractivity contribution in [3.8, 4) is 5.75 Å². The van der Waals surface area contributed by atoms with Crippen LogP contribution in [0.15, 0.2) is 48.5 Å². The molecule has 6 nitrogen and oxygen atoms in total. The van der Waals surface area contributed by atoms with Crippen LogP contribution in [0.2, 0.25) is 0 Å².